The van der Waals surface area contributed by atoms with E-state index in [0.717, 1.165) is 77.8 Å². The van der Waals surface area contributed by atoms with Crippen LogP contribution in [0.15, 0.2) is 146 Å². The van der Waals surface area contributed by atoms with Crippen LogP contribution in [0, 0.1) is 0 Å². The van der Waals surface area contributed by atoms with Gasteiger partial charge in [0.05, 0.1) is 33.5 Å². The minimum atomic E-state index is 0.857. The summed E-state index contributed by atoms with van der Waals surface area (Å²) in [6.45, 7) is 0. The third-order valence-corrected chi connectivity index (χ3v) is 8.35. The minimum absolute atomic E-state index is 0.857. The van der Waals surface area contributed by atoms with Crippen molar-refractivity contribution in [3.05, 3.63) is 146 Å². The molecule has 0 atom stereocenters. The fourth-order valence-corrected chi connectivity index (χ4v) is 6.45. The Morgan fingerprint density at radius 3 is 1.30 bits per heavy atom. The maximum absolute atomic E-state index is 5.23. The first-order valence-electron chi connectivity index (χ1n) is 14.6. The zero-order chi connectivity index (χ0) is 29.0. The van der Waals surface area contributed by atoms with Crippen molar-refractivity contribution in [2.75, 3.05) is 0 Å². The Morgan fingerprint density at radius 1 is 0.364 bits per heavy atom. The fourth-order valence-electron chi connectivity index (χ4n) is 6.45. The number of hydrogen-bond acceptors (Lipinski definition) is 4. The Morgan fingerprint density at radius 2 is 0.795 bits per heavy atom. The number of aromatic nitrogens is 6. The highest BCUT2D eigenvalue weighted by Gasteiger charge is 2.17. The predicted molar refractivity (Wildman–Crippen MR) is 177 cm³/mol. The maximum atomic E-state index is 5.23. The van der Waals surface area contributed by atoms with Crippen LogP contribution in [0.4, 0.5) is 0 Å². The van der Waals surface area contributed by atoms with Crippen LogP contribution in [-0.4, -0.2) is 29.1 Å². The minimum Gasteiger partial charge on any atom is -0.294 e. The Balaban J connectivity index is 1.21. The number of rotatable bonds is 4. The standard InChI is InChI=1S/C38H24N6/c1-2-10-26(32-14-8-18-38(42-32)44-34-16-6-4-12-28(34)30-24-40-22-20-36(30)44)25(9-1)31-13-7-17-37(41-31)43-33-15-5-3-11-27(33)29-23-39-21-19-35(29)43/h1-24H. The van der Waals surface area contributed by atoms with Crippen LogP contribution in [0.25, 0.3) is 77.8 Å². The smallest absolute Gasteiger partial charge is 0.138 e. The molecule has 6 aromatic heterocycles. The van der Waals surface area contributed by atoms with Gasteiger partial charge >= 0.3 is 0 Å². The van der Waals surface area contributed by atoms with Crippen LogP contribution in [0.1, 0.15) is 0 Å². The summed E-state index contributed by atoms with van der Waals surface area (Å²) in [6.07, 6.45) is 7.53. The second-order valence-corrected chi connectivity index (χ2v) is 10.8. The van der Waals surface area contributed by atoms with Crippen LogP contribution in [-0.2, 0) is 0 Å². The van der Waals surface area contributed by atoms with E-state index in [1.807, 2.05) is 24.8 Å². The Bertz CT molecular complexity index is 2240. The summed E-state index contributed by atoms with van der Waals surface area (Å²) >= 11 is 0. The van der Waals surface area contributed by atoms with Gasteiger partial charge in [-0.3, -0.25) is 19.1 Å². The number of nitrogens with zero attached hydrogens (tertiary/aromatic N) is 6. The summed E-state index contributed by atoms with van der Waals surface area (Å²) in [7, 11) is 0. The SMILES string of the molecule is c1cc(-c2ccccc2-c2cccc(-n3c4ccccc4c4cnccc43)n2)nc(-n2c3ccccc3c3cnccc32)c1. The van der Waals surface area contributed by atoms with Crippen LogP contribution in [0.5, 0.6) is 0 Å². The molecule has 0 bridgehead atoms. The third-order valence-electron chi connectivity index (χ3n) is 8.35. The lowest BCUT2D eigenvalue weighted by atomic mass is 10.0. The van der Waals surface area contributed by atoms with Gasteiger partial charge in [0.25, 0.3) is 0 Å². The van der Waals surface area contributed by atoms with E-state index < -0.39 is 0 Å². The second kappa shape index (κ2) is 9.71. The monoisotopic (exact) mass is 564 g/mol. The van der Waals surface area contributed by atoms with Gasteiger partial charge in [0, 0.05) is 57.5 Å². The van der Waals surface area contributed by atoms with Crippen molar-refractivity contribution in [1.29, 1.82) is 0 Å². The molecule has 0 aliphatic rings. The molecule has 9 rings (SSSR count). The number of pyridine rings is 4. The van der Waals surface area contributed by atoms with Crippen LogP contribution in [0.3, 0.4) is 0 Å². The lowest BCUT2D eigenvalue weighted by Gasteiger charge is -2.13. The topological polar surface area (TPSA) is 61.4 Å². The zero-order valence-corrected chi connectivity index (χ0v) is 23.5. The molecule has 9 aromatic rings. The molecule has 0 saturated heterocycles. The van der Waals surface area contributed by atoms with E-state index in [1.54, 1.807) is 0 Å². The summed E-state index contributed by atoms with van der Waals surface area (Å²) in [5.74, 6) is 1.71. The first-order chi connectivity index (χ1) is 21.8. The molecule has 3 aromatic carbocycles. The van der Waals surface area contributed by atoms with Gasteiger partial charge < -0.3 is 0 Å². The van der Waals surface area contributed by atoms with Crippen molar-refractivity contribution in [3.63, 3.8) is 0 Å². The second-order valence-electron chi connectivity index (χ2n) is 10.8. The molecule has 0 saturated carbocycles. The summed E-state index contributed by atoms with van der Waals surface area (Å²) in [6, 6.07) is 41.7. The number of hydrogen-bond donors (Lipinski definition) is 0. The number of benzene rings is 3. The molecule has 6 heteroatoms. The molecule has 6 heterocycles. The third kappa shape index (κ3) is 3.68. The zero-order valence-electron chi connectivity index (χ0n) is 23.5. The van der Waals surface area contributed by atoms with Crippen molar-refractivity contribution in [2.24, 2.45) is 0 Å². The van der Waals surface area contributed by atoms with Crippen molar-refractivity contribution in [3.8, 4) is 34.2 Å². The molecule has 0 radical (unpaired) electrons. The van der Waals surface area contributed by atoms with E-state index in [2.05, 4.69) is 140 Å². The summed E-state index contributed by atoms with van der Waals surface area (Å²) in [4.78, 5) is 19.2. The normalized spacial score (nSPS) is 11.6. The van der Waals surface area contributed by atoms with Gasteiger partial charge in [-0.1, -0.05) is 72.8 Å². The summed E-state index contributed by atoms with van der Waals surface area (Å²) < 4.78 is 4.43. The van der Waals surface area contributed by atoms with E-state index in [-0.39, 0.29) is 0 Å². The van der Waals surface area contributed by atoms with E-state index in [0.29, 0.717) is 0 Å². The van der Waals surface area contributed by atoms with Gasteiger partial charge in [-0.2, -0.15) is 0 Å². The number of para-hydroxylation sites is 2. The van der Waals surface area contributed by atoms with E-state index in [4.69, 9.17) is 9.97 Å². The van der Waals surface area contributed by atoms with Gasteiger partial charge in [0.1, 0.15) is 11.6 Å². The molecular formula is C38H24N6. The molecule has 0 fully saturated rings. The quantitative estimate of drug-likeness (QED) is 0.214. The van der Waals surface area contributed by atoms with Gasteiger partial charge in [-0.25, -0.2) is 9.97 Å². The van der Waals surface area contributed by atoms with E-state index in [1.165, 1.54) is 0 Å². The Hall–Kier alpha value is -6.14. The van der Waals surface area contributed by atoms with Crippen molar-refractivity contribution < 1.29 is 0 Å². The molecule has 0 amide bonds. The number of fused-ring (bicyclic) bond motifs is 6. The maximum Gasteiger partial charge on any atom is 0.138 e. The highest BCUT2D eigenvalue weighted by Crippen LogP contribution is 2.35. The van der Waals surface area contributed by atoms with Crippen molar-refractivity contribution in [1.82, 2.24) is 29.1 Å². The molecule has 0 spiro atoms. The lowest BCUT2D eigenvalue weighted by molar-refractivity contribution is 1.08. The van der Waals surface area contributed by atoms with Gasteiger partial charge in [0.15, 0.2) is 0 Å². The molecule has 0 aliphatic heterocycles. The van der Waals surface area contributed by atoms with Crippen LogP contribution in [0.2, 0.25) is 0 Å². The van der Waals surface area contributed by atoms with Gasteiger partial charge in [-0.05, 0) is 48.5 Å². The van der Waals surface area contributed by atoms with Gasteiger partial charge in [-0.15, -0.1) is 0 Å². The average Bonchev–Trinajstić information content (AvgIpc) is 3.62. The molecule has 206 valence electrons. The fraction of sp³-hybridized carbons (Fsp3) is 0. The van der Waals surface area contributed by atoms with Crippen molar-refractivity contribution in [2.45, 2.75) is 0 Å². The molecular weight excluding hydrogens is 540 g/mol. The average molecular weight is 565 g/mol. The molecule has 6 nitrogen and oxygen atoms in total. The summed E-state index contributed by atoms with van der Waals surface area (Å²) in [5, 5.41) is 4.53. The first-order valence-corrected chi connectivity index (χ1v) is 14.6. The van der Waals surface area contributed by atoms with E-state index >= 15 is 0 Å². The van der Waals surface area contributed by atoms with E-state index in [9.17, 15) is 0 Å². The molecule has 0 aliphatic carbocycles. The van der Waals surface area contributed by atoms with Gasteiger partial charge in [0.2, 0.25) is 0 Å². The molecule has 0 N–H and O–H groups in total. The lowest BCUT2D eigenvalue weighted by Crippen LogP contribution is -2.00. The van der Waals surface area contributed by atoms with Crippen LogP contribution >= 0.6 is 0 Å². The van der Waals surface area contributed by atoms with Crippen molar-refractivity contribution >= 4 is 43.6 Å². The summed E-state index contributed by atoms with van der Waals surface area (Å²) in [5.41, 5.74) is 8.17. The Labute approximate surface area is 252 Å². The molecule has 0 unspecified atom stereocenters. The first kappa shape index (κ1) is 24.5. The Kier molecular flexibility index (Phi) is 5.40. The predicted octanol–water partition coefficient (Wildman–Crippen LogP) is 8.79. The molecule has 44 heavy (non-hydrogen) atoms. The van der Waals surface area contributed by atoms with Crippen LogP contribution < -0.4 is 0 Å². The largest absolute Gasteiger partial charge is 0.294 e. The highest BCUT2D eigenvalue weighted by atomic mass is 15.1. The highest BCUT2D eigenvalue weighted by molar-refractivity contribution is 6.09.